The molecule has 1 N–H and O–H groups in total. The maximum atomic E-state index is 8.95. The highest BCUT2D eigenvalue weighted by Crippen LogP contribution is 2.15. The number of aliphatic hydroxyl groups excluding tert-OH is 1. The molecule has 0 unspecified atom stereocenters. The number of aliphatic hydroxyl groups is 1. The van der Waals surface area contributed by atoms with Gasteiger partial charge in [0.1, 0.15) is 12.4 Å². The van der Waals surface area contributed by atoms with Crippen molar-refractivity contribution in [3.05, 3.63) is 36.2 Å². The van der Waals surface area contributed by atoms with Gasteiger partial charge in [-0.05, 0) is 13.0 Å². The number of pyridine rings is 1. The van der Waals surface area contributed by atoms with E-state index < -0.39 is 0 Å². The number of ether oxygens (including phenoxy) is 1. The Bertz CT molecular complexity index is 284. The third-order valence-electron chi connectivity index (χ3n) is 1.61. The predicted molar refractivity (Wildman–Crippen MR) is 50.5 cm³/mol. The first-order chi connectivity index (χ1) is 6.38. The van der Waals surface area contributed by atoms with Gasteiger partial charge in [-0.25, -0.2) is 0 Å². The van der Waals surface area contributed by atoms with Gasteiger partial charge in [0.15, 0.2) is 0 Å². The molecule has 0 spiro atoms. The van der Waals surface area contributed by atoms with Crippen LogP contribution >= 0.6 is 0 Å². The van der Waals surface area contributed by atoms with Gasteiger partial charge in [-0.1, -0.05) is 12.2 Å². The van der Waals surface area contributed by atoms with Crippen LogP contribution in [0.2, 0.25) is 0 Å². The van der Waals surface area contributed by atoms with Gasteiger partial charge in [-0.3, -0.25) is 4.98 Å². The van der Waals surface area contributed by atoms with Gasteiger partial charge in [0.05, 0.1) is 12.8 Å². The first kappa shape index (κ1) is 9.74. The Hall–Kier alpha value is -1.35. The quantitative estimate of drug-likeness (QED) is 0.713. The van der Waals surface area contributed by atoms with Crippen LogP contribution in [0.4, 0.5) is 0 Å². The van der Waals surface area contributed by atoms with Crippen LogP contribution in [-0.4, -0.2) is 16.7 Å². The van der Waals surface area contributed by atoms with Crippen LogP contribution in [0.5, 0.6) is 5.75 Å². The fourth-order valence-corrected chi connectivity index (χ4v) is 0.903. The number of rotatable bonds is 4. The molecule has 3 heteroatoms. The summed E-state index contributed by atoms with van der Waals surface area (Å²) in [6, 6.07) is 1.74. The van der Waals surface area contributed by atoms with Crippen molar-refractivity contribution in [3.63, 3.8) is 0 Å². The molecule has 0 atom stereocenters. The van der Waals surface area contributed by atoms with Crippen LogP contribution in [-0.2, 0) is 6.61 Å². The molecule has 1 aromatic heterocycles. The van der Waals surface area contributed by atoms with E-state index >= 15 is 0 Å². The minimum absolute atomic E-state index is 0.0201. The van der Waals surface area contributed by atoms with E-state index in [0.717, 1.165) is 5.56 Å². The van der Waals surface area contributed by atoms with Crippen molar-refractivity contribution >= 4 is 0 Å². The minimum Gasteiger partial charge on any atom is -0.488 e. The van der Waals surface area contributed by atoms with E-state index in [9.17, 15) is 0 Å². The van der Waals surface area contributed by atoms with E-state index in [4.69, 9.17) is 9.84 Å². The molecule has 0 amide bonds. The maximum absolute atomic E-state index is 8.95. The zero-order chi connectivity index (χ0) is 9.52. The van der Waals surface area contributed by atoms with E-state index in [1.165, 1.54) is 0 Å². The summed E-state index contributed by atoms with van der Waals surface area (Å²) >= 11 is 0. The first-order valence-electron chi connectivity index (χ1n) is 4.16. The Labute approximate surface area is 77.7 Å². The highest BCUT2D eigenvalue weighted by atomic mass is 16.5. The van der Waals surface area contributed by atoms with E-state index in [2.05, 4.69) is 4.98 Å². The highest BCUT2D eigenvalue weighted by molar-refractivity contribution is 5.29. The third-order valence-corrected chi connectivity index (χ3v) is 1.61. The second-order valence-corrected chi connectivity index (χ2v) is 2.52. The lowest BCUT2D eigenvalue weighted by atomic mass is 10.2. The predicted octanol–water partition coefficient (Wildman–Crippen LogP) is 1.53. The summed E-state index contributed by atoms with van der Waals surface area (Å²) in [6.45, 7) is 2.42. The second-order valence-electron chi connectivity index (χ2n) is 2.52. The smallest absolute Gasteiger partial charge is 0.143 e. The molecule has 0 aromatic carbocycles. The van der Waals surface area contributed by atoms with Gasteiger partial charge in [0.2, 0.25) is 0 Å². The molecule has 0 fully saturated rings. The van der Waals surface area contributed by atoms with Crippen LogP contribution in [0.3, 0.4) is 0 Å². The van der Waals surface area contributed by atoms with Gasteiger partial charge >= 0.3 is 0 Å². The second kappa shape index (κ2) is 5.32. The molecule has 0 bridgehead atoms. The normalized spacial score (nSPS) is 10.6. The van der Waals surface area contributed by atoms with Crippen molar-refractivity contribution in [2.75, 3.05) is 6.61 Å². The summed E-state index contributed by atoms with van der Waals surface area (Å²) in [4.78, 5) is 3.91. The van der Waals surface area contributed by atoms with E-state index in [0.29, 0.717) is 12.4 Å². The number of nitrogens with zero attached hydrogens (tertiary/aromatic N) is 1. The Morgan fingerprint density at radius 1 is 1.62 bits per heavy atom. The largest absolute Gasteiger partial charge is 0.488 e. The van der Waals surface area contributed by atoms with Crippen LogP contribution < -0.4 is 4.74 Å². The van der Waals surface area contributed by atoms with Crippen LogP contribution in [0, 0.1) is 0 Å². The van der Waals surface area contributed by atoms with E-state index in [1.54, 1.807) is 18.5 Å². The van der Waals surface area contributed by atoms with Crippen molar-refractivity contribution in [1.29, 1.82) is 0 Å². The molecule has 0 saturated carbocycles. The van der Waals surface area contributed by atoms with Gasteiger partial charge < -0.3 is 9.84 Å². The molecule has 0 saturated heterocycles. The molecule has 1 aromatic rings. The summed E-state index contributed by atoms with van der Waals surface area (Å²) in [5, 5.41) is 8.95. The average Bonchev–Trinajstić information content (AvgIpc) is 2.19. The zero-order valence-corrected chi connectivity index (χ0v) is 7.60. The Morgan fingerprint density at radius 2 is 2.46 bits per heavy atom. The number of aromatic nitrogens is 1. The summed E-state index contributed by atoms with van der Waals surface area (Å²) in [6.07, 6.45) is 7.05. The molecule has 3 nitrogen and oxygen atoms in total. The highest BCUT2D eigenvalue weighted by Gasteiger charge is 1.99. The fourth-order valence-electron chi connectivity index (χ4n) is 0.903. The molecule has 0 radical (unpaired) electrons. The van der Waals surface area contributed by atoms with Crippen molar-refractivity contribution in [2.24, 2.45) is 0 Å². The van der Waals surface area contributed by atoms with Crippen molar-refractivity contribution in [3.8, 4) is 5.75 Å². The molecule has 0 aliphatic rings. The van der Waals surface area contributed by atoms with Crippen molar-refractivity contribution in [2.45, 2.75) is 13.5 Å². The lowest BCUT2D eigenvalue weighted by Crippen LogP contribution is -1.98. The molecule has 70 valence electrons. The SMILES string of the molecule is C/C=C/COc1cnccc1CO. The van der Waals surface area contributed by atoms with Gasteiger partial charge in [-0.15, -0.1) is 0 Å². The summed E-state index contributed by atoms with van der Waals surface area (Å²) in [7, 11) is 0. The fraction of sp³-hybridized carbons (Fsp3) is 0.300. The molecule has 1 rings (SSSR count). The van der Waals surface area contributed by atoms with Crippen molar-refractivity contribution in [1.82, 2.24) is 4.98 Å². The number of hydrogen-bond acceptors (Lipinski definition) is 3. The van der Waals surface area contributed by atoms with Crippen LogP contribution in [0.15, 0.2) is 30.6 Å². The monoisotopic (exact) mass is 179 g/mol. The standard InChI is InChI=1S/C10H13NO2/c1-2-3-6-13-10-7-11-5-4-9(10)8-12/h2-5,7,12H,6,8H2,1H3/b3-2+. The van der Waals surface area contributed by atoms with Crippen LogP contribution in [0.1, 0.15) is 12.5 Å². The third kappa shape index (κ3) is 2.87. The summed E-state index contributed by atoms with van der Waals surface area (Å²) in [5.74, 6) is 0.642. The maximum Gasteiger partial charge on any atom is 0.143 e. The topological polar surface area (TPSA) is 42.4 Å². The van der Waals surface area contributed by atoms with Gasteiger partial charge in [0.25, 0.3) is 0 Å². The van der Waals surface area contributed by atoms with E-state index in [1.807, 2.05) is 19.1 Å². The molecule has 13 heavy (non-hydrogen) atoms. The lowest BCUT2D eigenvalue weighted by Gasteiger charge is -2.06. The van der Waals surface area contributed by atoms with Crippen molar-refractivity contribution < 1.29 is 9.84 Å². The lowest BCUT2D eigenvalue weighted by molar-refractivity contribution is 0.269. The van der Waals surface area contributed by atoms with Crippen LogP contribution in [0.25, 0.3) is 0 Å². The molecule has 0 aliphatic carbocycles. The minimum atomic E-state index is -0.0201. The number of allylic oxidation sites excluding steroid dienone is 1. The van der Waals surface area contributed by atoms with Gasteiger partial charge in [-0.2, -0.15) is 0 Å². The van der Waals surface area contributed by atoms with E-state index in [-0.39, 0.29) is 6.61 Å². The Balaban J connectivity index is 2.64. The van der Waals surface area contributed by atoms with Gasteiger partial charge in [0, 0.05) is 11.8 Å². The molecular formula is C10H13NO2. The zero-order valence-electron chi connectivity index (χ0n) is 7.60. The number of hydrogen-bond donors (Lipinski definition) is 1. The first-order valence-corrected chi connectivity index (χ1v) is 4.16. The summed E-state index contributed by atoms with van der Waals surface area (Å²) in [5.41, 5.74) is 0.763. The Kier molecular flexibility index (Phi) is 3.99. The Morgan fingerprint density at radius 3 is 3.15 bits per heavy atom. The summed E-state index contributed by atoms with van der Waals surface area (Å²) < 4.78 is 5.36. The molecular weight excluding hydrogens is 166 g/mol. The molecule has 0 aliphatic heterocycles. The average molecular weight is 179 g/mol. The molecule has 1 heterocycles.